The lowest BCUT2D eigenvalue weighted by atomic mass is 10.1. The third kappa shape index (κ3) is 5.63. The molecule has 3 aromatic rings. The van der Waals surface area contributed by atoms with Gasteiger partial charge in [0.2, 0.25) is 15.9 Å². The number of anilines is 2. The molecule has 1 unspecified atom stereocenters. The molecule has 2 aromatic heterocycles. The SMILES string of the molecule is CCOc1cncc(-c2ccc(NC(=O)C(OC)c3csc(NS(=O)(=O)C4CC4)n3)c(Cl)c2)n1. The van der Waals surface area contributed by atoms with Crippen LogP contribution in [0.3, 0.4) is 0 Å². The molecule has 1 aliphatic carbocycles. The van der Waals surface area contributed by atoms with Gasteiger partial charge < -0.3 is 14.8 Å². The van der Waals surface area contributed by atoms with Gasteiger partial charge in [0.15, 0.2) is 11.2 Å². The average molecular weight is 524 g/mol. The predicted octanol–water partition coefficient (Wildman–Crippen LogP) is 3.88. The number of hydrogen-bond donors (Lipinski definition) is 2. The summed E-state index contributed by atoms with van der Waals surface area (Å²) in [5.41, 5.74) is 1.93. The number of rotatable bonds is 10. The van der Waals surface area contributed by atoms with Crippen molar-refractivity contribution in [3.8, 4) is 17.1 Å². The number of carbonyl (C=O) groups is 1. The van der Waals surface area contributed by atoms with Gasteiger partial charge in [0.1, 0.15) is 0 Å². The first-order valence-electron chi connectivity index (χ1n) is 10.4. The standard InChI is InChI=1S/C21H22ClN5O5S2/c1-3-32-18-10-23-9-16(24-18)12-4-7-15(14(22)8-12)25-20(28)19(31-2)17-11-33-21(26-17)27-34(29,30)13-5-6-13/h4,7-11,13,19H,3,5-6H2,1-2H3,(H,25,28)(H,26,27). The Kier molecular flexibility index (Phi) is 7.31. The van der Waals surface area contributed by atoms with Crippen LogP contribution in [0.25, 0.3) is 11.3 Å². The van der Waals surface area contributed by atoms with E-state index in [1.165, 1.54) is 13.3 Å². The van der Waals surface area contributed by atoms with Gasteiger partial charge in [-0.05, 0) is 31.9 Å². The number of nitrogens with zero attached hydrogens (tertiary/aromatic N) is 3. The van der Waals surface area contributed by atoms with Crippen LogP contribution in [-0.2, 0) is 19.6 Å². The summed E-state index contributed by atoms with van der Waals surface area (Å²) in [5.74, 6) is -0.101. The number of halogens is 1. The number of benzene rings is 1. The maximum absolute atomic E-state index is 12.9. The second-order valence-electron chi connectivity index (χ2n) is 7.40. The highest BCUT2D eigenvalue weighted by molar-refractivity contribution is 7.93. The topological polar surface area (TPSA) is 132 Å². The molecule has 1 saturated carbocycles. The Labute approximate surface area is 205 Å². The van der Waals surface area contributed by atoms with E-state index in [2.05, 4.69) is 25.0 Å². The Morgan fingerprint density at radius 1 is 1.29 bits per heavy atom. The molecule has 0 aliphatic heterocycles. The number of carbonyl (C=O) groups excluding carboxylic acids is 1. The fraction of sp³-hybridized carbons (Fsp3) is 0.333. The molecule has 4 rings (SSSR count). The lowest BCUT2D eigenvalue weighted by molar-refractivity contribution is -0.126. The minimum atomic E-state index is -3.45. The normalized spacial score (nSPS) is 14.4. The fourth-order valence-electron chi connectivity index (χ4n) is 3.08. The van der Waals surface area contributed by atoms with Crippen LogP contribution in [0.15, 0.2) is 36.0 Å². The van der Waals surface area contributed by atoms with E-state index in [0.717, 1.165) is 11.3 Å². The van der Waals surface area contributed by atoms with Crippen LogP contribution in [0.2, 0.25) is 5.02 Å². The number of methoxy groups -OCH3 is 1. The van der Waals surface area contributed by atoms with Crippen molar-refractivity contribution in [1.29, 1.82) is 0 Å². The van der Waals surface area contributed by atoms with E-state index < -0.39 is 22.0 Å². The molecule has 34 heavy (non-hydrogen) atoms. The molecule has 0 spiro atoms. The molecule has 0 bridgehead atoms. The van der Waals surface area contributed by atoms with E-state index in [1.807, 2.05) is 6.92 Å². The van der Waals surface area contributed by atoms with Gasteiger partial charge in [0.05, 0.1) is 46.3 Å². The van der Waals surface area contributed by atoms with Crippen LogP contribution >= 0.6 is 22.9 Å². The molecule has 1 aliphatic rings. The number of hydrogen-bond acceptors (Lipinski definition) is 9. The molecular formula is C21H22ClN5O5S2. The Hall–Kier alpha value is -2.80. The number of aromatic nitrogens is 3. The summed E-state index contributed by atoms with van der Waals surface area (Å²) in [5, 5.41) is 4.41. The van der Waals surface area contributed by atoms with Crippen LogP contribution < -0.4 is 14.8 Å². The first kappa shape index (κ1) is 24.3. The second kappa shape index (κ2) is 10.2. The van der Waals surface area contributed by atoms with Crippen LogP contribution in [0.1, 0.15) is 31.6 Å². The van der Waals surface area contributed by atoms with Crippen molar-refractivity contribution in [2.45, 2.75) is 31.1 Å². The molecule has 1 fully saturated rings. The van der Waals surface area contributed by atoms with E-state index in [0.29, 0.717) is 47.3 Å². The lowest BCUT2D eigenvalue weighted by Crippen LogP contribution is -2.23. The molecule has 0 radical (unpaired) electrons. The molecule has 13 heteroatoms. The largest absolute Gasteiger partial charge is 0.477 e. The fourth-order valence-corrected chi connectivity index (χ4v) is 5.63. The summed E-state index contributed by atoms with van der Waals surface area (Å²) in [6.45, 7) is 2.33. The Morgan fingerprint density at radius 2 is 2.09 bits per heavy atom. The zero-order valence-corrected chi connectivity index (χ0v) is 20.7. The highest BCUT2D eigenvalue weighted by atomic mass is 35.5. The summed E-state index contributed by atoms with van der Waals surface area (Å²) in [4.78, 5) is 25.6. The van der Waals surface area contributed by atoms with Gasteiger partial charge in [-0.25, -0.2) is 18.4 Å². The minimum absolute atomic E-state index is 0.189. The van der Waals surface area contributed by atoms with Crippen molar-refractivity contribution in [3.05, 3.63) is 46.7 Å². The number of nitrogens with one attached hydrogen (secondary N) is 2. The molecule has 0 saturated heterocycles. The van der Waals surface area contributed by atoms with Crippen molar-refractivity contribution in [1.82, 2.24) is 15.0 Å². The van der Waals surface area contributed by atoms with Gasteiger partial charge in [0.25, 0.3) is 5.91 Å². The van der Waals surface area contributed by atoms with Gasteiger partial charge in [-0.2, -0.15) is 0 Å². The molecule has 180 valence electrons. The third-order valence-corrected chi connectivity index (χ3v) is 7.93. The number of ether oxygens (including phenoxy) is 2. The zero-order valence-electron chi connectivity index (χ0n) is 18.3. The highest BCUT2D eigenvalue weighted by Gasteiger charge is 2.36. The van der Waals surface area contributed by atoms with E-state index in [-0.39, 0.29) is 16.1 Å². The number of amides is 1. The average Bonchev–Trinajstić information content (AvgIpc) is 3.58. The smallest absolute Gasteiger partial charge is 0.259 e. The third-order valence-electron chi connectivity index (χ3n) is 4.88. The van der Waals surface area contributed by atoms with Crippen LogP contribution in [0.5, 0.6) is 5.88 Å². The molecule has 10 nitrogen and oxygen atoms in total. The molecule has 1 atom stereocenters. The van der Waals surface area contributed by atoms with E-state index >= 15 is 0 Å². The Balaban J connectivity index is 1.46. The van der Waals surface area contributed by atoms with Gasteiger partial charge in [-0.1, -0.05) is 17.7 Å². The maximum Gasteiger partial charge on any atom is 0.259 e. The van der Waals surface area contributed by atoms with Gasteiger partial charge >= 0.3 is 0 Å². The molecule has 1 amide bonds. The van der Waals surface area contributed by atoms with Crippen molar-refractivity contribution < 1.29 is 22.7 Å². The Bertz CT molecular complexity index is 1300. The van der Waals surface area contributed by atoms with E-state index in [9.17, 15) is 13.2 Å². The summed E-state index contributed by atoms with van der Waals surface area (Å²) in [6, 6.07) is 5.05. The molecular weight excluding hydrogens is 502 g/mol. The van der Waals surface area contributed by atoms with Crippen molar-refractivity contribution in [2.24, 2.45) is 0 Å². The van der Waals surface area contributed by atoms with Crippen LogP contribution in [0.4, 0.5) is 10.8 Å². The second-order valence-corrected chi connectivity index (χ2v) is 10.6. The van der Waals surface area contributed by atoms with Gasteiger partial charge in [-0.3, -0.25) is 14.5 Å². The van der Waals surface area contributed by atoms with Gasteiger partial charge in [-0.15, -0.1) is 11.3 Å². The van der Waals surface area contributed by atoms with Crippen LogP contribution in [0, 0.1) is 0 Å². The maximum atomic E-state index is 12.9. The lowest BCUT2D eigenvalue weighted by Gasteiger charge is -2.15. The van der Waals surface area contributed by atoms with E-state index in [4.69, 9.17) is 21.1 Å². The number of sulfonamides is 1. The molecule has 2 heterocycles. The summed E-state index contributed by atoms with van der Waals surface area (Å²) in [7, 11) is -2.08. The first-order chi connectivity index (χ1) is 16.3. The predicted molar refractivity (Wildman–Crippen MR) is 130 cm³/mol. The molecule has 1 aromatic carbocycles. The van der Waals surface area contributed by atoms with Gasteiger partial charge in [0, 0.05) is 18.1 Å². The highest BCUT2D eigenvalue weighted by Crippen LogP contribution is 2.32. The summed E-state index contributed by atoms with van der Waals surface area (Å²) >= 11 is 7.49. The quantitative estimate of drug-likeness (QED) is 0.409. The minimum Gasteiger partial charge on any atom is -0.477 e. The van der Waals surface area contributed by atoms with Crippen molar-refractivity contribution in [3.63, 3.8) is 0 Å². The van der Waals surface area contributed by atoms with Crippen molar-refractivity contribution >= 4 is 49.7 Å². The summed E-state index contributed by atoms with van der Waals surface area (Å²) < 4.78 is 37.4. The number of thiazole rings is 1. The van der Waals surface area contributed by atoms with Crippen molar-refractivity contribution in [2.75, 3.05) is 23.8 Å². The zero-order chi connectivity index (χ0) is 24.3. The van der Waals surface area contributed by atoms with E-state index in [1.54, 1.807) is 29.8 Å². The Morgan fingerprint density at radius 3 is 2.76 bits per heavy atom. The monoisotopic (exact) mass is 523 g/mol. The summed E-state index contributed by atoms with van der Waals surface area (Å²) in [6.07, 6.45) is 3.33. The first-order valence-corrected chi connectivity index (χ1v) is 13.2. The molecule has 2 N–H and O–H groups in total. The van der Waals surface area contributed by atoms with Crippen LogP contribution in [-0.4, -0.2) is 48.2 Å².